The highest BCUT2D eigenvalue weighted by Gasteiger charge is 2.42. The Kier molecular flexibility index (Phi) is 5.62. The van der Waals surface area contributed by atoms with Crippen LogP contribution in [-0.2, 0) is 6.54 Å². The minimum atomic E-state index is 0.0113. The molecule has 0 spiro atoms. The lowest BCUT2D eigenvalue weighted by atomic mass is 9.98. The van der Waals surface area contributed by atoms with E-state index in [-0.39, 0.29) is 11.9 Å². The zero-order valence-corrected chi connectivity index (χ0v) is 18.9. The quantitative estimate of drug-likeness (QED) is 0.494. The van der Waals surface area contributed by atoms with Gasteiger partial charge in [0.15, 0.2) is 0 Å². The number of rotatable bonds is 9. The smallest absolute Gasteiger partial charge is 0.266 e. The zero-order valence-electron chi connectivity index (χ0n) is 18.1. The van der Waals surface area contributed by atoms with E-state index in [4.69, 9.17) is 9.51 Å². The van der Waals surface area contributed by atoms with Crippen LogP contribution in [-0.4, -0.2) is 55.0 Å². The third kappa shape index (κ3) is 3.59. The van der Waals surface area contributed by atoms with Gasteiger partial charge < -0.3 is 9.42 Å². The van der Waals surface area contributed by atoms with Crippen molar-refractivity contribution in [3.05, 3.63) is 34.2 Å². The molecule has 0 radical (unpaired) electrons. The number of hydrogen-bond acceptors (Lipinski definition) is 7. The van der Waals surface area contributed by atoms with Crippen LogP contribution < -0.4 is 0 Å². The van der Waals surface area contributed by atoms with Crippen molar-refractivity contribution in [1.29, 1.82) is 0 Å². The third-order valence-corrected chi connectivity index (χ3v) is 7.09. The molecule has 5 rings (SSSR count). The van der Waals surface area contributed by atoms with Crippen molar-refractivity contribution in [2.75, 3.05) is 19.6 Å². The molecule has 1 amide bonds. The topological polar surface area (TPSA) is 80.3 Å². The summed E-state index contributed by atoms with van der Waals surface area (Å²) in [4.78, 5) is 27.4. The first-order valence-electron chi connectivity index (χ1n) is 11.2. The molecule has 0 saturated carbocycles. The van der Waals surface area contributed by atoms with Crippen molar-refractivity contribution in [3.63, 3.8) is 0 Å². The van der Waals surface area contributed by atoms with Crippen molar-refractivity contribution in [2.24, 2.45) is 0 Å². The van der Waals surface area contributed by atoms with Crippen molar-refractivity contribution in [2.45, 2.75) is 58.5 Å². The van der Waals surface area contributed by atoms with Gasteiger partial charge in [-0.1, -0.05) is 31.8 Å². The molecule has 8 nitrogen and oxygen atoms in total. The Labute approximate surface area is 185 Å². The zero-order chi connectivity index (χ0) is 21.4. The summed E-state index contributed by atoms with van der Waals surface area (Å²) in [6, 6.07) is 2.00. The first-order valence-corrected chi connectivity index (χ1v) is 12.1. The minimum absolute atomic E-state index is 0.0113. The highest BCUT2D eigenvalue weighted by Crippen LogP contribution is 2.44. The van der Waals surface area contributed by atoms with E-state index in [2.05, 4.69) is 28.9 Å². The summed E-state index contributed by atoms with van der Waals surface area (Å²) in [6.07, 6.45) is 7.36. The molecule has 0 aliphatic carbocycles. The van der Waals surface area contributed by atoms with Gasteiger partial charge in [0.2, 0.25) is 11.7 Å². The van der Waals surface area contributed by atoms with E-state index in [1.54, 1.807) is 6.33 Å². The maximum Gasteiger partial charge on any atom is 0.266 e. The van der Waals surface area contributed by atoms with Crippen LogP contribution >= 0.6 is 11.3 Å². The summed E-state index contributed by atoms with van der Waals surface area (Å²) in [5, 5.41) is 6.23. The molecule has 1 atom stereocenters. The van der Waals surface area contributed by atoms with Crippen LogP contribution in [0.4, 0.5) is 0 Å². The van der Waals surface area contributed by atoms with Crippen molar-refractivity contribution >= 4 is 17.2 Å². The van der Waals surface area contributed by atoms with Crippen LogP contribution in [0.5, 0.6) is 0 Å². The largest absolute Gasteiger partial charge is 0.337 e. The normalized spacial score (nSPS) is 17.3. The number of hydrogen-bond donors (Lipinski definition) is 0. The molecule has 3 aromatic heterocycles. The summed E-state index contributed by atoms with van der Waals surface area (Å²) in [7, 11) is 0. The van der Waals surface area contributed by atoms with Crippen LogP contribution in [0.25, 0.3) is 17.2 Å². The third-order valence-electron chi connectivity index (χ3n) is 6.19. The lowest BCUT2D eigenvalue weighted by Gasteiger charge is -2.39. The first kappa shape index (κ1) is 20.4. The maximum atomic E-state index is 12.9. The van der Waals surface area contributed by atoms with E-state index in [1.807, 2.05) is 20.9 Å². The van der Waals surface area contributed by atoms with Gasteiger partial charge >= 0.3 is 0 Å². The van der Waals surface area contributed by atoms with Crippen LogP contribution in [0.3, 0.4) is 0 Å². The maximum absolute atomic E-state index is 12.9. The summed E-state index contributed by atoms with van der Waals surface area (Å²) in [5.74, 6) is 1.23. The number of carbonyl (C=O) groups excluding carboxylic acids is 1. The molecule has 5 heterocycles. The van der Waals surface area contributed by atoms with Crippen LogP contribution in [0.15, 0.2) is 22.3 Å². The summed E-state index contributed by atoms with van der Waals surface area (Å²) in [6.45, 7) is 7.92. The predicted molar refractivity (Wildman–Crippen MR) is 118 cm³/mol. The van der Waals surface area contributed by atoms with Crippen LogP contribution in [0.1, 0.15) is 73.2 Å². The molecule has 2 aliphatic rings. The number of aromatic nitrogens is 4. The number of thiophene rings is 1. The molecular formula is C22H28N6O2S. The monoisotopic (exact) mass is 440 g/mol. The summed E-state index contributed by atoms with van der Waals surface area (Å²) < 4.78 is 7.66. The summed E-state index contributed by atoms with van der Waals surface area (Å²) in [5.41, 5.74) is 2.59. The lowest BCUT2D eigenvalue weighted by molar-refractivity contribution is 0.0466. The molecular weight excluding hydrogens is 412 g/mol. The highest BCUT2D eigenvalue weighted by atomic mass is 32.1. The SMILES string of the molecule is CCCCN(CCCC)Cc1nc(-c2ncn3c2[C@@H]2CCN2C(=O)c2sccc2-3)no1. The highest BCUT2D eigenvalue weighted by molar-refractivity contribution is 7.12. The Bertz CT molecular complexity index is 1060. The number of imidazole rings is 1. The molecule has 1 saturated heterocycles. The van der Waals surface area contributed by atoms with E-state index >= 15 is 0 Å². The molecule has 1 fully saturated rings. The lowest BCUT2D eigenvalue weighted by Crippen LogP contribution is -2.44. The number of amides is 1. The Morgan fingerprint density at radius 3 is 2.77 bits per heavy atom. The standard InChI is InChI=1S/C22H28N6O2S/c1-3-5-9-26(10-6-4-2)13-17-24-21(25-30-17)18-19-15-7-11-27(15)22(29)20-16(8-12-31-20)28(19)14-23-18/h8,12,14-15H,3-7,9-11,13H2,1-2H3/t15-/m0/s1. The molecule has 0 aromatic carbocycles. The van der Waals surface area contributed by atoms with E-state index in [0.29, 0.717) is 24.0 Å². The fourth-order valence-corrected chi connectivity index (χ4v) is 5.22. The number of carbonyl (C=O) groups is 1. The van der Waals surface area contributed by atoms with Gasteiger partial charge in [-0.2, -0.15) is 4.98 Å². The van der Waals surface area contributed by atoms with Gasteiger partial charge in [-0.3, -0.25) is 14.3 Å². The Hall–Kier alpha value is -2.52. The van der Waals surface area contributed by atoms with Gasteiger partial charge in [0.1, 0.15) is 16.9 Å². The first-order chi connectivity index (χ1) is 15.2. The van der Waals surface area contributed by atoms with Crippen molar-refractivity contribution in [3.8, 4) is 17.2 Å². The molecule has 0 bridgehead atoms. The van der Waals surface area contributed by atoms with E-state index < -0.39 is 0 Å². The second-order valence-corrected chi connectivity index (χ2v) is 9.20. The molecule has 3 aromatic rings. The molecule has 9 heteroatoms. The molecule has 164 valence electrons. The van der Waals surface area contributed by atoms with Gasteiger partial charge in [0.05, 0.1) is 24.0 Å². The number of nitrogens with zero attached hydrogens (tertiary/aromatic N) is 6. The van der Waals surface area contributed by atoms with Crippen LogP contribution in [0, 0.1) is 0 Å². The minimum Gasteiger partial charge on any atom is -0.337 e. The Morgan fingerprint density at radius 1 is 1.26 bits per heavy atom. The van der Waals surface area contributed by atoms with Crippen LogP contribution in [0.2, 0.25) is 0 Å². The van der Waals surface area contributed by atoms with Gasteiger partial charge in [-0.15, -0.1) is 11.3 Å². The predicted octanol–water partition coefficient (Wildman–Crippen LogP) is 4.29. The molecule has 2 aliphatic heterocycles. The van der Waals surface area contributed by atoms with E-state index in [0.717, 1.165) is 55.2 Å². The van der Waals surface area contributed by atoms with E-state index in [1.165, 1.54) is 24.2 Å². The molecule has 31 heavy (non-hydrogen) atoms. The second kappa shape index (κ2) is 8.55. The van der Waals surface area contributed by atoms with Gasteiger partial charge in [0.25, 0.3) is 5.91 Å². The fourth-order valence-electron chi connectivity index (χ4n) is 4.38. The van der Waals surface area contributed by atoms with Crippen molar-refractivity contribution in [1.82, 2.24) is 29.5 Å². The number of unbranched alkanes of at least 4 members (excludes halogenated alkanes) is 2. The Morgan fingerprint density at radius 2 is 2.06 bits per heavy atom. The fraction of sp³-hybridized carbons (Fsp3) is 0.545. The van der Waals surface area contributed by atoms with E-state index in [9.17, 15) is 4.79 Å². The number of fused-ring (bicyclic) bond motifs is 5. The van der Waals surface area contributed by atoms with Gasteiger partial charge in [-0.05, 0) is 43.8 Å². The van der Waals surface area contributed by atoms with Gasteiger partial charge in [0, 0.05) is 6.54 Å². The molecule has 0 N–H and O–H groups in total. The summed E-state index contributed by atoms with van der Waals surface area (Å²) >= 11 is 1.48. The molecule has 0 unspecified atom stereocenters. The Balaban J connectivity index is 1.44. The second-order valence-electron chi connectivity index (χ2n) is 8.28. The average molecular weight is 441 g/mol. The average Bonchev–Trinajstić information content (AvgIpc) is 3.47. The van der Waals surface area contributed by atoms with Crippen molar-refractivity contribution < 1.29 is 9.32 Å². The van der Waals surface area contributed by atoms with Gasteiger partial charge in [-0.25, -0.2) is 4.98 Å².